The van der Waals surface area contributed by atoms with Crippen LogP contribution in [0.5, 0.6) is 23.3 Å². The third-order valence-corrected chi connectivity index (χ3v) is 6.74. The lowest BCUT2D eigenvalue weighted by molar-refractivity contribution is 0.102. The van der Waals surface area contributed by atoms with E-state index in [1.165, 1.54) is 14.2 Å². The molecule has 3 aromatic carbocycles. The molecule has 1 heterocycles. The molecule has 0 saturated heterocycles. The molecule has 0 bridgehead atoms. The zero-order valence-electron chi connectivity index (χ0n) is 20.9. The summed E-state index contributed by atoms with van der Waals surface area (Å²) in [4.78, 5) is 23.1. The van der Waals surface area contributed by atoms with Gasteiger partial charge in [-0.1, -0.05) is 36.4 Å². The predicted octanol–water partition coefficient (Wildman–Crippen LogP) is 5.65. The van der Waals surface area contributed by atoms with Crippen molar-refractivity contribution >= 4 is 23.4 Å². The molecule has 1 atom stereocenters. The average Bonchev–Trinajstić information content (AvgIpc) is 2.96. The van der Waals surface area contributed by atoms with Crippen LogP contribution < -0.4 is 24.3 Å². The van der Waals surface area contributed by atoms with E-state index < -0.39 is 0 Å². The average molecular weight is 518 g/mol. The van der Waals surface area contributed by atoms with Crippen LogP contribution in [0.3, 0.4) is 0 Å². The van der Waals surface area contributed by atoms with E-state index in [0.717, 1.165) is 10.5 Å². The van der Waals surface area contributed by atoms with E-state index in [0.29, 0.717) is 40.3 Å². The first kappa shape index (κ1) is 25.8. The number of rotatable bonds is 10. The third kappa shape index (κ3) is 6.13. The van der Waals surface area contributed by atoms with Crippen LogP contribution in [-0.4, -0.2) is 44.3 Å². The van der Waals surface area contributed by atoms with Gasteiger partial charge in [-0.3, -0.25) is 4.79 Å². The van der Waals surface area contributed by atoms with Gasteiger partial charge in [-0.15, -0.1) is 11.8 Å². The van der Waals surface area contributed by atoms with Gasteiger partial charge in [-0.25, -0.2) is 0 Å². The zero-order chi connectivity index (χ0) is 26.2. The van der Waals surface area contributed by atoms with Gasteiger partial charge in [0.05, 0.1) is 39.8 Å². The summed E-state index contributed by atoms with van der Waals surface area (Å²) < 4.78 is 21.4. The second-order valence-electron chi connectivity index (χ2n) is 7.74. The van der Waals surface area contributed by atoms with E-state index in [-0.39, 0.29) is 11.2 Å². The number of amides is 1. The molecular weight excluding hydrogens is 490 g/mol. The highest BCUT2D eigenvalue weighted by molar-refractivity contribution is 7.99. The van der Waals surface area contributed by atoms with Crippen molar-refractivity contribution in [2.24, 2.45) is 0 Å². The molecule has 190 valence electrons. The molecule has 0 unspecified atom stereocenters. The van der Waals surface area contributed by atoms with Gasteiger partial charge in [0.2, 0.25) is 11.8 Å². The summed E-state index contributed by atoms with van der Waals surface area (Å²) >= 11 is 1.58. The maximum absolute atomic E-state index is 13.0. The second-order valence-corrected chi connectivity index (χ2v) is 8.91. The number of aromatic nitrogens is 2. The number of carbonyl (C=O) groups excluding carboxylic acids is 1. The number of hydrogen-bond acceptors (Lipinski definition) is 8. The Morgan fingerprint density at radius 3 is 1.89 bits per heavy atom. The molecule has 4 rings (SSSR count). The Bertz CT molecular complexity index is 1310. The number of ether oxygens (including phenoxy) is 4. The van der Waals surface area contributed by atoms with E-state index in [9.17, 15) is 4.79 Å². The minimum atomic E-state index is -0.325. The van der Waals surface area contributed by atoms with Gasteiger partial charge >= 0.3 is 0 Å². The van der Waals surface area contributed by atoms with Crippen molar-refractivity contribution in [2.75, 3.05) is 33.8 Å². The van der Waals surface area contributed by atoms with Gasteiger partial charge in [0.1, 0.15) is 17.1 Å². The molecular formula is C28H27N3O5S. The fourth-order valence-electron chi connectivity index (χ4n) is 3.67. The molecule has 4 aromatic rings. The summed E-state index contributed by atoms with van der Waals surface area (Å²) in [5, 5.41) is 2.70. The quantitative estimate of drug-likeness (QED) is 0.270. The number of methoxy groups -OCH3 is 4. The van der Waals surface area contributed by atoms with E-state index in [4.69, 9.17) is 18.9 Å². The van der Waals surface area contributed by atoms with Gasteiger partial charge in [0.25, 0.3) is 5.91 Å². The molecule has 9 heteroatoms. The van der Waals surface area contributed by atoms with Crippen LogP contribution in [0, 0.1) is 0 Å². The standard InChI is InChI=1S/C28H27N3O5S/c1-33-21-11-8-12-22(34-2)25(21)28(32)29-19-13-15-20(16-14-19)37-26(18-9-6-5-7-10-18)27-30-23(35-3)17-24(31-27)36-4/h5-17,26H,1-4H3,(H,29,32)/t26-/m0/s1. The summed E-state index contributed by atoms with van der Waals surface area (Å²) in [6.07, 6.45) is 0. The summed E-state index contributed by atoms with van der Waals surface area (Å²) in [6, 6.07) is 24.4. The molecule has 1 N–H and O–H groups in total. The number of benzene rings is 3. The van der Waals surface area contributed by atoms with Gasteiger partial charge in [0.15, 0.2) is 5.82 Å². The molecule has 37 heavy (non-hydrogen) atoms. The first-order chi connectivity index (χ1) is 18.1. The Kier molecular flexibility index (Phi) is 8.48. The summed E-state index contributed by atoms with van der Waals surface area (Å²) in [7, 11) is 6.15. The van der Waals surface area contributed by atoms with Crippen molar-refractivity contribution < 1.29 is 23.7 Å². The Morgan fingerprint density at radius 1 is 0.757 bits per heavy atom. The molecule has 0 saturated carbocycles. The van der Waals surface area contributed by atoms with E-state index in [2.05, 4.69) is 15.3 Å². The predicted molar refractivity (Wildman–Crippen MR) is 143 cm³/mol. The Morgan fingerprint density at radius 2 is 1.35 bits per heavy atom. The smallest absolute Gasteiger partial charge is 0.263 e. The Balaban J connectivity index is 1.58. The number of carbonyl (C=O) groups is 1. The fraction of sp³-hybridized carbons (Fsp3) is 0.179. The third-order valence-electron chi connectivity index (χ3n) is 5.47. The maximum atomic E-state index is 13.0. The van der Waals surface area contributed by atoms with Crippen LogP contribution in [0.2, 0.25) is 0 Å². The van der Waals surface area contributed by atoms with Crippen molar-refractivity contribution in [1.82, 2.24) is 9.97 Å². The minimum absolute atomic E-state index is 0.219. The summed E-state index contributed by atoms with van der Waals surface area (Å²) in [5.41, 5.74) is 2.00. The molecule has 8 nitrogen and oxygen atoms in total. The molecule has 0 aliphatic heterocycles. The van der Waals surface area contributed by atoms with Gasteiger partial charge in [-0.05, 0) is 42.0 Å². The molecule has 0 spiro atoms. The van der Waals surface area contributed by atoms with Crippen molar-refractivity contribution in [3.8, 4) is 23.3 Å². The van der Waals surface area contributed by atoms with Crippen LogP contribution in [0.25, 0.3) is 0 Å². The highest BCUT2D eigenvalue weighted by Gasteiger charge is 2.22. The molecule has 0 fully saturated rings. The van der Waals surface area contributed by atoms with Crippen molar-refractivity contribution in [3.05, 3.63) is 95.8 Å². The van der Waals surface area contributed by atoms with Gasteiger partial charge in [-0.2, -0.15) is 9.97 Å². The van der Waals surface area contributed by atoms with Crippen molar-refractivity contribution in [3.63, 3.8) is 0 Å². The number of hydrogen-bond donors (Lipinski definition) is 1. The lowest BCUT2D eigenvalue weighted by Gasteiger charge is -2.17. The number of thioether (sulfide) groups is 1. The second kappa shape index (κ2) is 12.1. The van der Waals surface area contributed by atoms with Gasteiger partial charge < -0.3 is 24.3 Å². The number of nitrogens with one attached hydrogen (secondary N) is 1. The van der Waals surface area contributed by atoms with E-state index in [1.54, 1.807) is 50.2 Å². The molecule has 0 aliphatic rings. The summed E-state index contributed by atoms with van der Waals surface area (Å²) in [5.74, 6) is 1.95. The molecule has 0 aliphatic carbocycles. The van der Waals surface area contributed by atoms with Crippen LogP contribution in [-0.2, 0) is 0 Å². The maximum Gasteiger partial charge on any atom is 0.263 e. The van der Waals surface area contributed by atoms with Crippen molar-refractivity contribution in [2.45, 2.75) is 10.1 Å². The SMILES string of the molecule is COc1cc(OC)nc([C@@H](Sc2ccc(NC(=O)c3c(OC)cccc3OC)cc2)c2ccccc2)n1. The van der Waals surface area contributed by atoms with Gasteiger partial charge in [0, 0.05) is 10.6 Å². The van der Waals surface area contributed by atoms with E-state index >= 15 is 0 Å². The Hall–Kier alpha value is -4.24. The summed E-state index contributed by atoms with van der Waals surface area (Å²) in [6.45, 7) is 0. The lowest BCUT2D eigenvalue weighted by Crippen LogP contribution is -2.14. The molecule has 1 amide bonds. The topological polar surface area (TPSA) is 91.8 Å². The van der Waals surface area contributed by atoms with Crippen LogP contribution in [0.4, 0.5) is 5.69 Å². The number of anilines is 1. The normalized spacial score (nSPS) is 11.4. The van der Waals surface area contributed by atoms with Crippen molar-refractivity contribution in [1.29, 1.82) is 0 Å². The minimum Gasteiger partial charge on any atom is -0.496 e. The van der Waals surface area contributed by atoms with Crippen LogP contribution >= 0.6 is 11.8 Å². The van der Waals surface area contributed by atoms with Crippen LogP contribution in [0.1, 0.15) is 27.0 Å². The largest absolute Gasteiger partial charge is 0.496 e. The van der Waals surface area contributed by atoms with Crippen LogP contribution in [0.15, 0.2) is 83.8 Å². The fourth-order valence-corrected chi connectivity index (χ4v) is 4.74. The first-order valence-electron chi connectivity index (χ1n) is 11.4. The molecule has 0 radical (unpaired) electrons. The first-order valence-corrected chi connectivity index (χ1v) is 12.2. The highest BCUT2D eigenvalue weighted by atomic mass is 32.2. The Labute approximate surface area is 220 Å². The zero-order valence-corrected chi connectivity index (χ0v) is 21.7. The lowest BCUT2D eigenvalue weighted by atomic mass is 10.1. The highest BCUT2D eigenvalue weighted by Crippen LogP contribution is 2.40. The monoisotopic (exact) mass is 517 g/mol. The number of nitrogens with zero attached hydrogens (tertiary/aromatic N) is 2. The van der Waals surface area contributed by atoms with E-state index in [1.807, 2.05) is 54.6 Å². The molecule has 1 aromatic heterocycles.